The molecular weight excluding hydrogens is 178 g/mol. The van der Waals surface area contributed by atoms with Gasteiger partial charge in [-0.25, -0.2) is 0 Å². The monoisotopic (exact) mass is 201 g/mol. The van der Waals surface area contributed by atoms with Crippen LogP contribution in [0.1, 0.15) is 33.6 Å². The smallest absolute Gasteiger partial charge is 0.00227 e. The van der Waals surface area contributed by atoms with Gasteiger partial charge >= 0.3 is 0 Å². The molecule has 1 aliphatic rings. The Hall–Kier alpha value is 0.310. The van der Waals surface area contributed by atoms with E-state index in [1.54, 1.807) is 0 Å². The summed E-state index contributed by atoms with van der Waals surface area (Å²) in [6.45, 7) is 9.48. The van der Waals surface area contributed by atoms with Gasteiger partial charge in [0.15, 0.2) is 0 Å². The van der Waals surface area contributed by atoms with Crippen molar-refractivity contribution in [1.82, 2.24) is 5.32 Å². The van der Waals surface area contributed by atoms with Crippen molar-refractivity contribution in [3.8, 4) is 0 Å². The standard InChI is InChI=1S/C11H23NS/c1-4-13-7-5-6-11(10(2)3)8-12-9-11/h10,12H,4-9H2,1-3H3. The normalized spacial score (nSPS) is 20.3. The minimum Gasteiger partial charge on any atom is -0.316 e. The van der Waals surface area contributed by atoms with Crippen LogP contribution in [0.3, 0.4) is 0 Å². The van der Waals surface area contributed by atoms with E-state index in [-0.39, 0.29) is 0 Å². The van der Waals surface area contributed by atoms with Gasteiger partial charge in [0.1, 0.15) is 0 Å². The van der Waals surface area contributed by atoms with Crippen LogP contribution in [0.25, 0.3) is 0 Å². The molecule has 0 aliphatic carbocycles. The highest BCUT2D eigenvalue weighted by atomic mass is 32.2. The molecule has 0 saturated carbocycles. The van der Waals surface area contributed by atoms with E-state index < -0.39 is 0 Å². The summed E-state index contributed by atoms with van der Waals surface area (Å²) in [6, 6.07) is 0. The second-order valence-corrected chi connectivity index (χ2v) is 5.81. The fourth-order valence-electron chi connectivity index (χ4n) is 1.99. The molecule has 78 valence electrons. The third kappa shape index (κ3) is 2.88. The molecule has 13 heavy (non-hydrogen) atoms. The van der Waals surface area contributed by atoms with Gasteiger partial charge in [-0.2, -0.15) is 11.8 Å². The van der Waals surface area contributed by atoms with E-state index >= 15 is 0 Å². The first-order valence-corrected chi connectivity index (χ1v) is 6.65. The van der Waals surface area contributed by atoms with Crippen LogP contribution in [-0.4, -0.2) is 24.6 Å². The van der Waals surface area contributed by atoms with E-state index in [9.17, 15) is 0 Å². The first-order chi connectivity index (χ1) is 6.21. The zero-order valence-corrected chi connectivity index (χ0v) is 10.0. The molecule has 1 aliphatic heterocycles. The summed E-state index contributed by atoms with van der Waals surface area (Å²) in [7, 11) is 0. The molecule has 0 aromatic heterocycles. The van der Waals surface area contributed by atoms with Gasteiger partial charge in [0.05, 0.1) is 0 Å². The molecule has 0 radical (unpaired) electrons. The first kappa shape index (κ1) is 11.4. The molecule has 0 amide bonds. The molecule has 1 rings (SSSR count). The van der Waals surface area contributed by atoms with Crippen LogP contribution in [0, 0.1) is 11.3 Å². The Labute approximate surface area is 87.1 Å². The molecule has 0 aromatic carbocycles. The summed E-state index contributed by atoms with van der Waals surface area (Å²) in [5, 5.41) is 3.42. The molecule has 0 aromatic rings. The molecule has 2 heteroatoms. The van der Waals surface area contributed by atoms with Gasteiger partial charge in [-0.1, -0.05) is 20.8 Å². The summed E-state index contributed by atoms with van der Waals surface area (Å²) >= 11 is 2.07. The Morgan fingerprint density at radius 1 is 1.38 bits per heavy atom. The third-order valence-corrected chi connectivity index (χ3v) is 4.33. The summed E-state index contributed by atoms with van der Waals surface area (Å²) in [5.74, 6) is 3.47. The zero-order chi connectivity index (χ0) is 9.73. The van der Waals surface area contributed by atoms with Crippen molar-refractivity contribution in [2.24, 2.45) is 11.3 Å². The van der Waals surface area contributed by atoms with Crippen molar-refractivity contribution in [2.75, 3.05) is 24.6 Å². The van der Waals surface area contributed by atoms with Crippen LogP contribution < -0.4 is 5.32 Å². The number of nitrogens with one attached hydrogen (secondary N) is 1. The van der Waals surface area contributed by atoms with Crippen molar-refractivity contribution in [3.05, 3.63) is 0 Å². The highest BCUT2D eigenvalue weighted by Gasteiger charge is 2.38. The van der Waals surface area contributed by atoms with E-state index in [0.717, 1.165) is 5.92 Å². The van der Waals surface area contributed by atoms with Crippen molar-refractivity contribution in [1.29, 1.82) is 0 Å². The van der Waals surface area contributed by atoms with E-state index in [2.05, 4.69) is 37.8 Å². The largest absolute Gasteiger partial charge is 0.316 e. The van der Waals surface area contributed by atoms with Crippen LogP contribution in [0.2, 0.25) is 0 Å². The summed E-state index contributed by atoms with van der Waals surface area (Å²) in [5.41, 5.74) is 0.647. The van der Waals surface area contributed by atoms with E-state index in [4.69, 9.17) is 0 Å². The Balaban J connectivity index is 2.17. The second-order valence-electron chi connectivity index (χ2n) is 4.42. The fourth-order valence-corrected chi connectivity index (χ4v) is 2.63. The molecule has 1 fully saturated rings. The van der Waals surface area contributed by atoms with E-state index in [0.29, 0.717) is 5.41 Å². The van der Waals surface area contributed by atoms with Gasteiger partial charge in [0, 0.05) is 13.1 Å². The Bertz CT molecular complexity index is 141. The van der Waals surface area contributed by atoms with Gasteiger partial charge in [0.2, 0.25) is 0 Å². The van der Waals surface area contributed by atoms with Crippen LogP contribution in [0.15, 0.2) is 0 Å². The molecular formula is C11H23NS. The molecule has 0 spiro atoms. The van der Waals surface area contributed by atoms with E-state index in [1.807, 2.05) is 0 Å². The lowest BCUT2D eigenvalue weighted by atomic mass is 9.69. The first-order valence-electron chi connectivity index (χ1n) is 5.50. The summed E-state index contributed by atoms with van der Waals surface area (Å²) in [6.07, 6.45) is 2.82. The quantitative estimate of drug-likeness (QED) is 0.663. The van der Waals surface area contributed by atoms with Crippen molar-refractivity contribution < 1.29 is 0 Å². The van der Waals surface area contributed by atoms with Gasteiger partial charge in [-0.3, -0.25) is 0 Å². The van der Waals surface area contributed by atoms with Crippen molar-refractivity contribution in [2.45, 2.75) is 33.6 Å². The number of hydrogen-bond acceptors (Lipinski definition) is 2. The number of thioether (sulfide) groups is 1. The molecule has 1 heterocycles. The molecule has 0 atom stereocenters. The highest BCUT2D eigenvalue weighted by molar-refractivity contribution is 7.99. The SMILES string of the molecule is CCSCCCC1(C(C)C)CNC1. The minimum atomic E-state index is 0.647. The fraction of sp³-hybridized carbons (Fsp3) is 1.00. The van der Waals surface area contributed by atoms with Crippen molar-refractivity contribution >= 4 is 11.8 Å². The Kier molecular flexibility index (Phi) is 4.60. The number of rotatable bonds is 6. The maximum Gasteiger partial charge on any atom is 0.00227 e. The predicted molar refractivity (Wildman–Crippen MR) is 62.4 cm³/mol. The number of hydrogen-bond donors (Lipinski definition) is 1. The van der Waals surface area contributed by atoms with E-state index in [1.165, 1.54) is 37.4 Å². The Morgan fingerprint density at radius 3 is 2.46 bits per heavy atom. The zero-order valence-electron chi connectivity index (χ0n) is 9.23. The Morgan fingerprint density at radius 2 is 2.08 bits per heavy atom. The van der Waals surface area contributed by atoms with Gasteiger partial charge in [0.25, 0.3) is 0 Å². The molecule has 1 saturated heterocycles. The lowest BCUT2D eigenvalue weighted by Crippen LogP contribution is -2.56. The second kappa shape index (κ2) is 5.26. The minimum absolute atomic E-state index is 0.647. The average Bonchev–Trinajstić information content (AvgIpc) is 2.01. The van der Waals surface area contributed by atoms with Gasteiger partial charge in [-0.05, 0) is 35.7 Å². The topological polar surface area (TPSA) is 12.0 Å². The predicted octanol–water partition coefficient (Wildman–Crippen LogP) is 2.77. The van der Waals surface area contributed by atoms with Gasteiger partial charge in [-0.15, -0.1) is 0 Å². The summed E-state index contributed by atoms with van der Waals surface area (Å²) in [4.78, 5) is 0. The maximum absolute atomic E-state index is 3.42. The van der Waals surface area contributed by atoms with Crippen LogP contribution in [-0.2, 0) is 0 Å². The van der Waals surface area contributed by atoms with Crippen LogP contribution in [0.4, 0.5) is 0 Å². The molecule has 0 bridgehead atoms. The lowest BCUT2D eigenvalue weighted by molar-refractivity contribution is 0.0868. The lowest BCUT2D eigenvalue weighted by Gasteiger charge is -2.46. The summed E-state index contributed by atoms with van der Waals surface area (Å²) < 4.78 is 0. The molecule has 1 nitrogen and oxygen atoms in total. The molecule has 0 unspecified atom stereocenters. The van der Waals surface area contributed by atoms with Crippen LogP contribution in [0.5, 0.6) is 0 Å². The van der Waals surface area contributed by atoms with Crippen LogP contribution >= 0.6 is 11.8 Å². The maximum atomic E-state index is 3.42. The van der Waals surface area contributed by atoms with Crippen molar-refractivity contribution in [3.63, 3.8) is 0 Å². The average molecular weight is 201 g/mol. The molecule has 1 N–H and O–H groups in total. The third-order valence-electron chi connectivity index (χ3n) is 3.35. The highest BCUT2D eigenvalue weighted by Crippen LogP contribution is 2.36. The van der Waals surface area contributed by atoms with Gasteiger partial charge < -0.3 is 5.32 Å².